The molecule has 36 heavy (non-hydrogen) atoms. The summed E-state index contributed by atoms with van der Waals surface area (Å²) in [4.78, 5) is 30.7. The van der Waals surface area contributed by atoms with Crippen molar-refractivity contribution in [2.45, 2.75) is 12.5 Å². The number of likely N-dealkylation sites (tertiary alicyclic amines) is 1. The molecule has 1 fully saturated rings. The van der Waals surface area contributed by atoms with E-state index in [4.69, 9.17) is 14.2 Å². The van der Waals surface area contributed by atoms with E-state index in [0.717, 1.165) is 11.1 Å². The quantitative estimate of drug-likeness (QED) is 0.475. The minimum Gasteiger partial charge on any atom is -0.497 e. The van der Waals surface area contributed by atoms with Crippen LogP contribution < -0.4 is 14.2 Å². The number of benzene rings is 3. The molecule has 2 atom stereocenters. The lowest BCUT2D eigenvalue weighted by Crippen LogP contribution is -2.36. The van der Waals surface area contributed by atoms with E-state index >= 15 is 0 Å². The van der Waals surface area contributed by atoms with Gasteiger partial charge in [-0.1, -0.05) is 30.3 Å². The lowest BCUT2D eigenvalue weighted by molar-refractivity contribution is -0.134. The number of ether oxygens (including phenoxy) is 3. The van der Waals surface area contributed by atoms with Gasteiger partial charge in [0.2, 0.25) is 5.91 Å². The lowest BCUT2D eigenvalue weighted by Gasteiger charge is -2.25. The van der Waals surface area contributed by atoms with Crippen LogP contribution in [0.15, 0.2) is 72.8 Å². The summed E-state index contributed by atoms with van der Waals surface area (Å²) in [6.07, 6.45) is 0. The molecule has 3 aromatic rings. The summed E-state index contributed by atoms with van der Waals surface area (Å²) in [7, 11) is 6.61. The number of rotatable bonds is 8. The molecule has 1 heterocycles. The number of amides is 2. The van der Waals surface area contributed by atoms with Gasteiger partial charge in [-0.3, -0.25) is 9.59 Å². The molecule has 1 saturated heterocycles. The van der Waals surface area contributed by atoms with Gasteiger partial charge >= 0.3 is 0 Å². The van der Waals surface area contributed by atoms with Crippen LogP contribution in [0.3, 0.4) is 0 Å². The zero-order valence-electron chi connectivity index (χ0n) is 21.1. The molecule has 2 amide bonds. The Labute approximate surface area is 212 Å². The van der Waals surface area contributed by atoms with Gasteiger partial charge in [0.25, 0.3) is 5.91 Å². The molecule has 0 unspecified atom stereocenters. The normalized spacial score (nSPS) is 16.9. The molecule has 0 bridgehead atoms. The highest BCUT2D eigenvalue weighted by molar-refractivity contribution is 5.95. The summed E-state index contributed by atoms with van der Waals surface area (Å²) in [5, 5.41) is 0. The largest absolute Gasteiger partial charge is 0.497 e. The summed E-state index contributed by atoms with van der Waals surface area (Å²) in [5.74, 6) is 1.22. The SMILES string of the molecule is COc1ccc(C(=O)N2C[C@H](C(=O)N(C)Cc3ccccc3)[C@@H](c3cc(OC)ccc3OC)C2)cc1. The molecule has 3 aromatic carbocycles. The van der Waals surface area contributed by atoms with Gasteiger partial charge in [0, 0.05) is 43.7 Å². The van der Waals surface area contributed by atoms with E-state index in [9.17, 15) is 9.59 Å². The Morgan fingerprint density at radius 3 is 2.17 bits per heavy atom. The van der Waals surface area contributed by atoms with Crippen LogP contribution in [0, 0.1) is 5.92 Å². The van der Waals surface area contributed by atoms with Crippen molar-refractivity contribution in [1.29, 1.82) is 0 Å². The number of hydrogen-bond acceptors (Lipinski definition) is 5. The van der Waals surface area contributed by atoms with Crippen molar-refractivity contribution in [1.82, 2.24) is 9.80 Å². The third kappa shape index (κ3) is 5.30. The van der Waals surface area contributed by atoms with E-state index in [1.165, 1.54) is 0 Å². The van der Waals surface area contributed by atoms with Crippen molar-refractivity contribution in [3.05, 3.63) is 89.5 Å². The molecule has 7 heteroatoms. The number of nitrogens with zero attached hydrogens (tertiary/aromatic N) is 2. The second kappa shape index (κ2) is 11.2. The Morgan fingerprint density at radius 2 is 1.53 bits per heavy atom. The second-order valence-corrected chi connectivity index (χ2v) is 8.94. The van der Waals surface area contributed by atoms with E-state index in [-0.39, 0.29) is 17.7 Å². The number of carbonyl (C=O) groups is 2. The Hall–Kier alpha value is -4.00. The molecular formula is C29H32N2O5. The molecule has 0 aromatic heterocycles. The van der Waals surface area contributed by atoms with Crippen LogP contribution in [0.25, 0.3) is 0 Å². The van der Waals surface area contributed by atoms with Crippen molar-refractivity contribution >= 4 is 11.8 Å². The average Bonchev–Trinajstić information content (AvgIpc) is 3.37. The van der Waals surface area contributed by atoms with Gasteiger partial charge in [0.05, 0.1) is 27.2 Å². The van der Waals surface area contributed by atoms with Crippen molar-refractivity contribution in [2.75, 3.05) is 41.5 Å². The Morgan fingerprint density at radius 1 is 0.861 bits per heavy atom. The zero-order chi connectivity index (χ0) is 25.7. The number of methoxy groups -OCH3 is 3. The van der Waals surface area contributed by atoms with Gasteiger partial charge < -0.3 is 24.0 Å². The van der Waals surface area contributed by atoms with Crippen LogP contribution in [0.5, 0.6) is 17.2 Å². The summed E-state index contributed by atoms with van der Waals surface area (Å²) < 4.78 is 16.3. The van der Waals surface area contributed by atoms with Crippen molar-refractivity contribution in [3.8, 4) is 17.2 Å². The van der Waals surface area contributed by atoms with Crippen LogP contribution in [0.4, 0.5) is 0 Å². The third-order valence-electron chi connectivity index (χ3n) is 6.74. The van der Waals surface area contributed by atoms with Crippen LogP contribution in [-0.4, -0.2) is 63.1 Å². The second-order valence-electron chi connectivity index (χ2n) is 8.94. The maximum atomic E-state index is 13.8. The van der Waals surface area contributed by atoms with E-state index in [0.29, 0.717) is 42.4 Å². The third-order valence-corrected chi connectivity index (χ3v) is 6.74. The Kier molecular flexibility index (Phi) is 7.78. The van der Waals surface area contributed by atoms with Crippen molar-refractivity contribution in [2.24, 2.45) is 5.92 Å². The fourth-order valence-corrected chi connectivity index (χ4v) is 4.80. The van der Waals surface area contributed by atoms with E-state index in [2.05, 4.69) is 0 Å². The van der Waals surface area contributed by atoms with Crippen molar-refractivity contribution < 1.29 is 23.8 Å². The molecule has 7 nitrogen and oxygen atoms in total. The number of hydrogen-bond donors (Lipinski definition) is 0. The fourth-order valence-electron chi connectivity index (χ4n) is 4.80. The predicted molar refractivity (Wildman–Crippen MR) is 138 cm³/mol. The van der Waals surface area contributed by atoms with Gasteiger partial charge in [0.15, 0.2) is 0 Å². The first-order valence-electron chi connectivity index (χ1n) is 11.9. The number of carbonyl (C=O) groups excluding carboxylic acids is 2. The smallest absolute Gasteiger partial charge is 0.253 e. The fraction of sp³-hybridized carbons (Fsp3) is 0.310. The Balaban J connectivity index is 1.65. The molecule has 0 spiro atoms. The molecule has 0 aliphatic carbocycles. The Bertz CT molecular complexity index is 1200. The van der Waals surface area contributed by atoms with E-state index in [1.807, 2.05) is 55.6 Å². The highest BCUT2D eigenvalue weighted by Crippen LogP contribution is 2.40. The summed E-state index contributed by atoms with van der Waals surface area (Å²) in [5.41, 5.74) is 2.46. The van der Waals surface area contributed by atoms with Crippen LogP contribution in [-0.2, 0) is 11.3 Å². The first-order valence-corrected chi connectivity index (χ1v) is 11.9. The van der Waals surface area contributed by atoms with Gasteiger partial charge in [-0.15, -0.1) is 0 Å². The minimum absolute atomic E-state index is 0.0150. The maximum absolute atomic E-state index is 13.8. The first-order chi connectivity index (χ1) is 17.4. The van der Waals surface area contributed by atoms with Gasteiger partial charge in [-0.2, -0.15) is 0 Å². The monoisotopic (exact) mass is 488 g/mol. The summed E-state index contributed by atoms with van der Waals surface area (Å²) in [6, 6.07) is 22.5. The first kappa shape index (κ1) is 25.1. The zero-order valence-corrected chi connectivity index (χ0v) is 21.1. The highest BCUT2D eigenvalue weighted by Gasteiger charge is 2.43. The molecule has 0 saturated carbocycles. The summed E-state index contributed by atoms with van der Waals surface area (Å²) in [6.45, 7) is 1.20. The molecular weight excluding hydrogens is 456 g/mol. The van der Waals surface area contributed by atoms with Crippen molar-refractivity contribution in [3.63, 3.8) is 0 Å². The van der Waals surface area contributed by atoms with Crippen LogP contribution in [0.2, 0.25) is 0 Å². The van der Waals surface area contributed by atoms with Crippen LogP contribution in [0.1, 0.15) is 27.4 Å². The molecule has 0 radical (unpaired) electrons. The molecule has 1 aliphatic heterocycles. The molecule has 1 aliphatic rings. The average molecular weight is 489 g/mol. The molecule has 4 rings (SSSR count). The van der Waals surface area contributed by atoms with Crippen LogP contribution >= 0.6 is 0 Å². The predicted octanol–water partition coefficient (Wildman–Crippen LogP) is 4.23. The summed E-state index contributed by atoms with van der Waals surface area (Å²) >= 11 is 0. The topological polar surface area (TPSA) is 68.3 Å². The lowest BCUT2D eigenvalue weighted by atomic mass is 9.87. The minimum atomic E-state index is -0.429. The van der Waals surface area contributed by atoms with Gasteiger partial charge in [-0.25, -0.2) is 0 Å². The highest BCUT2D eigenvalue weighted by atomic mass is 16.5. The van der Waals surface area contributed by atoms with E-state index in [1.54, 1.807) is 55.4 Å². The van der Waals surface area contributed by atoms with E-state index < -0.39 is 5.92 Å². The van der Waals surface area contributed by atoms with Gasteiger partial charge in [0.1, 0.15) is 17.2 Å². The molecule has 0 N–H and O–H groups in total. The molecule has 188 valence electrons. The standard InChI is InChI=1S/C29H32N2O5/c1-30(17-20-8-6-5-7-9-20)29(33)26-19-31(28(32)21-10-12-22(34-2)13-11-21)18-25(26)24-16-23(35-3)14-15-27(24)36-4/h5-16,25-26H,17-19H2,1-4H3/t25-,26+/m1/s1. The maximum Gasteiger partial charge on any atom is 0.253 e. The van der Waals surface area contributed by atoms with Gasteiger partial charge in [-0.05, 0) is 48.0 Å².